The van der Waals surface area contributed by atoms with Gasteiger partial charge in [0.2, 0.25) is 0 Å². The number of aromatic amines is 1. The molecule has 3 rings (SSSR count). The van der Waals surface area contributed by atoms with E-state index < -0.39 is 0 Å². The van der Waals surface area contributed by atoms with Crippen LogP contribution in [0.3, 0.4) is 0 Å². The summed E-state index contributed by atoms with van der Waals surface area (Å²) >= 11 is 0. The minimum absolute atomic E-state index is 0.0516. The van der Waals surface area contributed by atoms with Crippen LogP contribution >= 0.6 is 0 Å². The predicted molar refractivity (Wildman–Crippen MR) is 74.9 cm³/mol. The summed E-state index contributed by atoms with van der Waals surface area (Å²) in [6, 6.07) is 11.6. The molecule has 0 aliphatic rings. The molecule has 0 saturated heterocycles. The van der Waals surface area contributed by atoms with E-state index in [1.165, 1.54) is 0 Å². The van der Waals surface area contributed by atoms with Gasteiger partial charge in [0.25, 0.3) is 5.91 Å². The second kappa shape index (κ2) is 4.65. The van der Waals surface area contributed by atoms with Crippen LogP contribution in [0.2, 0.25) is 0 Å². The fourth-order valence-corrected chi connectivity index (χ4v) is 2.15. The van der Waals surface area contributed by atoms with Gasteiger partial charge in [0, 0.05) is 41.6 Å². The van der Waals surface area contributed by atoms with Gasteiger partial charge >= 0.3 is 0 Å². The van der Waals surface area contributed by atoms with Crippen LogP contribution in [0.15, 0.2) is 48.8 Å². The van der Waals surface area contributed by atoms with E-state index in [-0.39, 0.29) is 5.91 Å². The molecule has 0 fully saturated rings. The maximum Gasteiger partial charge on any atom is 0.251 e. The smallest absolute Gasteiger partial charge is 0.251 e. The van der Waals surface area contributed by atoms with Gasteiger partial charge < -0.3 is 14.9 Å². The average molecular weight is 253 g/mol. The van der Waals surface area contributed by atoms with Crippen molar-refractivity contribution < 1.29 is 4.79 Å². The van der Waals surface area contributed by atoms with Crippen LogP contribution in [0.25, 0.3) is 10.9 Å². The third kappa shape index (κ3) is 2.25. The molecule has 1 aromatic carbocycles. The molecule has 0 aliphatic carbocycles. The van der Waals surface area contributed by atoms with Gasteiger partial charge in [-0.15, -0.1) is 0 Å². The topological polar surface area (TPSA) is 49.8 Å². The van der Waals surface area contributed by atoms with Crippen molar-refractivity contribution in [2.45, 2.75) is 6.54 Å². The zero-order chi connectivity index (χ0) is 13.2. The number of hydrogen-bond donors (Lipinski definition) is 2. The number of nitrogens with one attached hydrogen (secondary N) is 2. The minimum atomic E-state index is -0.0516. The maximum absolute atomic E-state index is 12.1. The molecule has 96 valence electrons. The first-order chi connectivity index (χ1) is 9.24. The molecule has 2 N–H and O–H groups in total. The average Bonchev–Trinajstić information content (AvgIpc) is 3.03. The van der Waals surface area contributed by atoms with E-state index in [1.54, 1.807) is 0 Å². The van der Waals surface area contributed by atoms with Crippen LogP contribution in [-0.4, -0.2) is 15.5 Å². The zero-order valence-corrected chi connectivity index (χ0v) is 10.7. The second-order valence-electron chi connectivity index (χ2n) is 4.57. The molecule has 19 heavy (non-hydrogen) atoms. The summed E-state index contributed by atoms with van der Waals surface area (Å²) in [4.78, 5) is 15.2. The van der Waals surface area contributed by atoms with Gasteiger partial charge in [-0.2, -0.15) is 0 Å². The molecule has 0 spiro atoms. The summed E-state index contributed by atoms with van der Waals surface area (Å²) in [6.07, 6.45) is 3.84. The Morgan fingerprint density at radius 2 is 2.21 bits per heavy atom. The van der Waals surface area contributed by atoms with Gasteiger partial charge in [-0.05, 0) is 36.4 Å². The number of rotatable bonds is 3. The predicted octanol–water partition coefficient (Wildman–Crippen LogP) is 2.44. The Morgan fingerprint density at radius 3 is 3.00 bits per heavy atom. The zero-order valence-electron chi connectivity index (χ0n) is 10.7. The molecule has 0 saturated carbocycles. The van der Waals surface area contributed by atoms with Crippen LogP contribution in [0.1, 0.15) is 16.1 Å². The molecule has 2 heterocycles. The van der Waals surface area contributed by atoms with Gasteiger partial charge in [0.15, 0.2) is 0 Å². The molecule has 4 nitrogen and oxygen atoms in total. The summed E-state index contributed by atoms with van der Waals surface area (Å²) in [5.41, 5.74) is 2.80. The molecule has 4 heteroatoms. The van der Waals surface area contributed by atoms with Crippen LogP contribution in [0.5, 0.6) is 0 Å². The summed E-state index contributed by atoms with van der Waals surface area (Å²) in [5.74, 6) is -0.0516. The summed E-state index contributed by atoms with van der Waals surface area (Å²) < 4.78 is 2.00. The highest BCUT2D eigenvalue weighted by atomic mass is 16.1. The van der Waals surface area contributed by atoms with E-state index in [0.29, 0.717) is 12.1 Å². The molecule has 0 bridgehead atoms. The van der Waals surface area contributed by atoms with Crippen molar-refractivity contribution in [2.75, 3.05) is 0 Å². The molecule has 1 amide bonds. The van der Waals surface area contributed by atoms with E-state index in [0.717, 1.165) is 16.6 Å². The Hall–Kier alpha value is -2.49. The van der Waals surface area contributed by atoms with Crippen molar-refractivity contribution in [1.29, 1.82) is 0 Å². The number of aromatic nitrogens is 2. The van der Waals surface area contributed by atoms with Crippen LogP contribution in [0, 0.1) is 0 Å². The number of aryl methyl sites for hydroxylation is 1. The van der Waals surface area contributed by atoms with E-state index >= 15 is 0 Å². The minimum Gasteiger partial charge on any atom is -0.361 e. The largest absolute Gasteiger partial charge is 0.361 e. The number of carbonyl (C=O) groups is 1. The standard InChI is InChI=1S/C15H15N3O/c1-18-8-2-3-13(18)10-17-15(19)12-4-5-14-11(9-12)6-7-16-14/h2-9,16H,10H2,1H3,(H,17,19). The number of benzene rings is 1. The molecule has 2 aromatic heterocycles. The van der Waals surface area contributed by atoms with Gasteiger partial charge in [-0.25, -0.2) is 0 Å². The van der Waals surface area contributed by atoms with Gasteiger partial charge in [-0.1, -0.05) is 0 Å². The van der Waals surface area contributed by atoms with E-state index in [4.69, 9.17) is 0 Å². The van der Waals surface area contributed by atoms with Crippen LogP contribution < -0.4 is 5.32 Å². The molecular formula is C15H15N3O. The summed E-state index contributed by atoms with van der Waals surface area (Å²) in [5, 5.41) is 3.98. The lowest BCUT2D eigenvalue weighted by Crippen LogP contribution is -2.23. The fraction of sp³-hybridized carbons (Fsp3) is 0.133. The first-order valence-corrected chi connectivity index (χ1v) is 6.19. The van der Waals surface area contributed by atoms with Crippen molar-refractivity contribution >= 4 is 16.8 Å². The first kappa shape index (κ1) is 11.6. The monoisotopic (exact) mass is 253 g/mol. The van der Waals surface area contributed by atoms with Crippen molar-refractivity contribution in [3.63, 3.8) is 0 Å². The lowest BCUT2D eigenvalue weighted by molar-refractivity contribution is 0.0950. The van der Waals surface area contributed by atoms with Crippen molar-refractivity contribution in [3.8, 4) is 0 Å². The second-order valence-corrected chi connectivity index (χ2v) is 4.57. The normalized spacial score (nSPS) is 10.8. The van der Waals surface area contributed by atoms with Crippen LogP contribution in [0.4, 0.5) is 0 Å². The number of fused-ring (bicyclic) bond motifs is 1. The Morgan fingerprint density at radius 1 is 1.32 bits per heavy atom. The fourth-order valence-electron chi connectivity index (χ4n) is 2.15. The van der Waals surface area contributed by atoms with Crippen molar-refractivity contribution in [2.24, 2.45) is 7.05 Å². The first-order valence-electron chi connectivity index (χ1n) is 6.19. The van der Waals surface area contributed by atoms with Gasteiger partial charge in [0.1, 0.15) is 0 Å². The molecular weight excluding hydrogens is 238 g/mol. The Labute approximate surface area is 111 Å². The Kier molecular flexibility index (Phi) is 2.83. The molecule has 0 radical (unpaired) electrons. The van der Waals surface area contributed by atoms with Crippen LogP contribution in [-0.2, 0) is 13.6 Å². The number of H-pyrrole nitrogens is 1. The lowest BCUT2D eigenvalue weighted by atomic mass is 10.1. The third-order valence-electron chi connectivity index (χ3n) is 3.30. The number of amides is 1. The Bertz CT molecular complexity index is 724. The molecule has 0 aliphatic heterocycles. The van der Waals surface area contributed by atoms with E-state index in [9.17, 15) is 4.79 Å². The van der Waals surface area contributed by atoms with Gasteiger partial charge in [-0.3, -0.25) is 4.79 Å². The highest BCUT2D eigenvalue weighted by molar-refractivity contribution is 5.97. The summed E-state index contributed by atoms with van der Waals surface area (Å²) in [7, 11) is 1.97. The summed E-state index contributed by atoms with van der Waals surface area (Å²) in [6.45, 7) is 0.535. The highest BCUT2D eigenvalue weighted by Gasteiger charge is 2.07. The quantitative estimate of drug-likeness (QED) is 0.740. The number of carbonyl (C=O) groups excluding carboxylic acids is 1. The molecule has 0 atom stereocenters. The van der Waals surface area contributed by atoms with E-state index in [1.807, 2.05) is 60.4 Å². The van der Waals surface area contributed by atoms with Gasteiger partial charge in [0.05, 0.1) is 6.54 Å². The number of nitrogens with zero attached hydrogens (tertiary/aromatic N) is 1. The molecule has 3 aromatic rings. The van der Waals surface area contributed by atoms with Crippen molar-refractivity contribution in [3.05, 3.63) is 60.0 Å². The SMILES string of the molecule is Cn1cccc1CNC(=O)c1ccc2[nH]ccc2c1. The number of hydrogen-bond acceptors (Lipinski definition) is 1. The highest BCUT2D eigenvalue weighted by Crippen LogP contribution is 2.14. The van der Waals surface area contributed by atoms with Crippen molar-refractivity contribution in [1.82, 2.24) is 14.9 Å². The molecule has 0 unspecified atom stereocenters. The maximum atomic E-state index is 12.1. The third-order valence-corrected chi connectivity index (χ3v) is 3.30. The lowest BCUT2D eigenvalue weighted by Gasteiger charge is -2.06. The Balaban J connectivity index is 1.74. The van der Waals surface area contributed by atoms with E-state index in [2.05, 4.69) is 10.3 Å².